The molecule has 3 unspecified atom stereocenters. The molecule has 0 radical (unpaired) electrons. The van der Waals surface area contributed by atoms with Crippen molar-refractivity contribution in [3.8, 4) is 0 Å². The summed E-state index contributed by atoms with van der Waals surface area (Å²) in [5.41, 5.74) is 2.55. The Balaban J connectivity index is 1.26. The molecule has 174 valence electrons. The summed E-state index contributed by atoms with van der Waals surface area (Å²) >= 11 is 0. The quantitative estimate of drug-likeness (QED) is 0.706. The van der Waals surface area contributed by atoms with Gasteiger partial charge in [-0.25, -0.2) is 4.79 Å². The van der Waals surface area contributed by atoms with E-state index in [0.717, 1.165) is 45.3 Å². The average molecular weight is 448 g/mol. The van der Waals surface area contributed by atoms with Crippen molar-refractivity contribution in [3.05, 3.63) is 71.8 Å². The Hall–Kier alpha value is -2.74. The minimum atomic E-state index is -0.325. The van der Waals surface area contributed by atoms with Gasteiger partial charge in [-0.15, -0.1) is 0 Å². The zero-order valence-electron chi connectivity index (χ0n) is 19.3. The van der Waals surface area contributed by atoms with Crippen LogP contribution in [0.5, 0.6) is 0 Å². The standard InChI is InChI=1S/C26H33N5O2/c1-28-23-22(24(32)31(26(28)33)17-8-14-20-10-4-2-5-11-20)30-18-9-16-29(25(30)27-23)19-15-21-12-6-3-7-13-21/h2-7,10-13,22-23,25,27H,8-9,14-19H2,1H3. The van der Waals surface area contributed by atoms with Crippen LogP contribution in [0.25, 0.3) is 0 Å². The first kappa shape index (κ1) is 22.1. The molecule has 3 heterocycles. The fourth-order valence-electron chi connectivity index (χ4n) is 5.44. The fraction of sp³-hybridized carbons (Fsp3) is 0.462. The van der Waals surface area contributed by atoms with Gasteiger partial charge in [-0.3, -0.25) is 24.8 Å². The maximum Gasteiger partial charge on any atom is 0.327 e. The van der Waals surface area contributed by atoms with Crippen LogP contribution in [-0.4, -0.2) is 83.3 Å². The highest BCUT2D eigenvalue weighted by Gasteiger charge is 2.55. The third kappa shape index (κ3) is 4.40. The highest BCUT2D eigenvalue weighted by molar-refractivity contribution is 6.00. The van der Waals surface area contributed by atoms with Crippen LogP contribution in [0.1, 0.15) is 24.0 Å². The third-order valence-electron chi connectivity index (χ3n) is 7.19. The summed E-state index contributed by atoms with van der Waals surface area (Å²) in [5.74, 6) is -0.0592. The van der Waals surface area contributed by atoms with Crippen molar-refractivity contribution in [1.82, 2.24) is 24.9 Å². The monoisotopic (exact) mass is 447 g/mol. The molecule has 0 aromatic heterocycles. The SMILES string of the molecule is CN1C(=O)N(CCCc2ccccc2)C(=O)C2C1NC1N(CCc3ccccc3)CCCN21. The summed E-state index contributed by atoms with van der Waals surface area (Å²) in [7, 11) is 1.82. The predicted octanol–water partition coefficient (Wildman–Crippen LogP) is 2.35. The van der Waals surface area contributed by atoms with Crippen molar-refractivity contribution >= 4 is 11.9 Å². The molecular formula is C26H33N5O2. The highest BCUT2D eigenvalue weighted by Crippen LogP contribution is 2.30. The van der Waals surface area contributed by atoms with Crippen molar-refractivity contribution in [2.75, 3.05) is 33.2 Å². The van der Waals surface area contributed by atoms with Gasteiger partial charge in [0.05, 0.1) is 0 Å². The second-order valence-electron chi connectivity index (χ2n) is 9.27. The van der Waals surface area contributed by atoms with Gasteiger partial charge >= 0.3 is 6.03 Å². The molecule has 5 rings (SSSR count). The Labute approximate surface area is 195 Å². The van der Waals surface area contributed by atoms with Gasteiger partial charge in [-0.05, 0) is 36.8 Å². The van der Waals surface area contributed by atoms with E-state index in [4.69, 9.17) is 0 Å². The number of nitrogens with zero attached hydrogens (tertiary/aromatic N) is 4. The molecule has 33 heavy (non-hydrogen) atoms. The number of rotatable bonds is 7. The molecule has 3 amide bonds. The topological polar surface area (TPSA) is 59.1 Å². The van der Waals surface area contributed by atoms with Crippen LogP contribution >= 0.6 is 0 Å². The van der Waals surface area contributed by atoms with Gasteiger partial charge in [-0.1, -0.05) is 60.7 Å². The van der Waals surface area contributed by atoms with Crippen molar-refractivity contribution < 1.29 is 9.59 Å². The van der Waals surface area contributed by atoms with Crippen LogP contribution in [0.2, 0.25) is 0 Å². The van der Waals surface area contributed by atoms with Gasteiger partial charge in [0.15, 0.2) is 0 Å². The van der Waals surface area contributed by atoms with E-state index in [0.29, 0.717) is 6.54 Å². The number of urea groups is 1. The number of fused-ring (bicyclic) bond motifs is 3. The van der Waals surface area contributed by atoms with E-state index < -0.39 is 0 Å². The van der Waals surface area contributed by atoms with E-state index >= 15 is 0 Å². The predicted molar refractivity (Wildman–Crippen MR) is 127 cm³/mol. The van der Waals surface area contributed by atoms with Gasteiger partial charge in [0.1, 0.15) is 18.5 Å². The molecule has 3 aliphatic heterocycles. The lowest BCUT2D eigenvalue weighted by Gasteiger charge is -2.43. The Kier molecular flexibility index (Phi) is 6.44. The lowest BCUT2D eigenvalue weighted by Crippen LogP contribution is -2.66. The van der Waals surface area contributed by atoms with E-state index in [2.05, 4.69) is 51.5 Å². The first-order chi connectivity index (χ1) is 16.1. The molecule has 0 aliphatic carbocycles. The minimum absolute atomic E-state index is 0.0130. The largest absolute Gasteiger partial charge is 0.327 e. The molecule has 2 aromatic carbocycles. The number of hydrogen-bond acceptors (Lipinski definition) is 5. The molecule has 1 N–H and O–H groups in total. The minimum Gasteiger partial charge on any atom is -0.310 e. The number of aryl methyl sites for hydroxylation is 1. The molecule has 3 atom stereocenters. The first-order valence-electron chi connectivity index (χ1n) is 12.1. The van der Waals surface area contributed by atoms with Crippen molar-refractivity contribution in [2.45, 2.75) is 44.2 Å². The van der Waals surface area contributed by atoms with Gasteiger partial charge in [0, 0.05) is 33.2 Å². The van der Waals surface area contributed by atoms with E-state index in [-0.39, 0.29) is 30.4 Å². The fourth-order valence-corrected chi connectivity index (χ4v) is 5.44. The van der Waals surface area contributed by atoms with E-state index in [1.54, 1.807) is 4.90 Å². The smallest absolute Gasteiger partial charge is 0.310 e. The molecule has 3 aliphatic rings. The molecule has 0 spiro atoms. The maximum absolute atomic E-state index is 13.5. The van der Waals surface area contributed by atoms with Crippen molar-refractivity contribution in [2.24, 2.45) is 0 Å². The highest BCUT2D eigenvalue weighted by atomic mass is 16.2. The second kappa shape index (κ2) is 9.63. The summed E-state index contributed by atoms with van der Waals surface area (Å²) in [4.78, 5) is 34.5. The first-order valence-corrected chi connectivity index (χ1v) is 12.1. The zero-order valence-corrected chi connectivity index (χ0v) is 19.3. The van der Waals surface area contributed by atoms with Crippen LogP contribution < -0.4 is 5.32 Å². The van der Waals surface area contributed by atoms with Gasteiger partial charge in [0.25, 0.3) is 5.91 Å². The number of carbonyl (C=O) groups is 2. The number of benzene rings is 2. The lowest BCUT2D eigenvalue weighted by atomic mass is 10.1. The number of imide groups is 1. The molecule has 7 nitrogen and oxygen atoms in total. The Morgan fingerprint density at radius 2 is 1.55 bits per heavy atom. The molecule has 0 bridgehead atoms. The van der Waals surface area contributed by atoms with E-state index in [1.165, 1.54) is 16.0 Å². The summed E-state index contributed by atoms with van der Waals surface area (Å²) in [6.45, 7) is 3.24. The second-order valence-corrected chi connectivity index (χ2v) is 9.27. The van der Waals surface area contributed by atoms with Gasteiger partial charge in [-0.2, -0.15) is 0 Å². The summed E-state index contributed by atoms with van der Waals surface area (Å²) in [6, 6.07) is 20.2. The summed E-state index contributed by atoms with van der Waals surface area (Å²) in [6.07, 6.45) is 3.32. The normalized spacial score (nSPS) is 25.9. The number of carbonyl (C=O) groups excluding carboxylic acids is 2. The molecule has 3 fully saturated rings. The third-order valence-corrected chi connectivity index (χ3v) is 7.19. The van der Waals surface area contributed by atoms with Crippen molar-refractivity contribution in [1.29, 1.82) is 0 Å². The Bertz CT molecular complexity index is 969. The van der Waals surface area contributed by atoms with Crippen LogP contribution in [0.15, 0.2) is 60.7 Å². The van der Waals surface area contributed by atoms with Crippen molar-refractivity contribution in [3.63, 3.8) is 0 Å². The van der Waals surface area contributed by atoms with E-state index in [1.807, 2.05) is 31.3 Å². The zero-order chi connectivity index (χ0) is 22.8. The number of amides is 3. The Morgan fingerprint density at radius 1 is 0.879 bits per heavy atom. The summed E-state index contributed by atoms with van der Waals surface area (Å²) < 4.78 is 0. The molecule has 3 saturated heterocycles. The number of nitrogens with one attached hydrogen (secondary N) is 1. The molecule has 7 heteroatoms. The van der Waals surface area contributed by atoms with E-state index in [9.17, 15) is 9.59 Å². The van der Waals surface area contributed by atoms with Crippen LogP contribution in [0.4, 0.5) is 4.79 Å². The van der Waals surface area contributed by atoms with Gasteiger partial charge in [0.2, 0.25) is 0 Å². The summed E-state index contributed by atoms with van der Waals surface area (Å²) in [5, 5.41) is 3.60. The number of hydrogen-bond donors (Lipinski definition) is 1. The average Bonchev–Trinajstić information content (AvgIpc) is 3.25. The van der Waals surface area contributed by atoms with Crippen LogP contribution in [-0.2, 0) is 17.6 Å². The lowest BCUT2D eigenvalue weighted by molar-refractivity contribution is -0.140. The van der Waals surface area contributed by atoms with Crippen LogP contribution in [0, 0.1) is 0 Å². The molecule has 0 saturated carbocycles. The maximum atomic E-state index is 13.5. The Morgan fingerprint density at radius 3 is 2.24 bits per heavy atom. The van der Waals surface area contributed by atoms with Crippen LogP contribution in [0.3, 0.4) is 0 Å². The molecular weight excluding hydrogens is 414 g/mol. The number of likely N-dealkylation sites (N-methyl/N-ethyl adjacent to an activating group) is 1. The van der Waals surface area contributed by atoms with Gasteiger partial charge < -0.3 is 4.90 Å². The molecule has 2 aromatic rings.